The molecular weight excluding hydrogens is 214 g/mol. The van der Waals surface area contributed by atoms with E-state index in [1.54, 1.807) is 25.7 Å². The fourth-order valence-corrected chi connectivity index (χ4v) is 1.56. The SMILES string of the molecule is COc1cccnc1NCCc1ccncc1. The molecule has 0 aromatic carbocycles. The van der Waals surface area contributed by atoms with Crippen LogP contribution in [0.15, 0.2) is 42.9 Å². The van der Waals surface area contributed by atoms with Crippen molar-refractivity contribution in [2.45, 2.75) is 6.42 Å². The van der Waals surface area contributed by atoms with Gasteiger partial charge in [-0.2, -0.15) is 0 Å². The third kappa shape index (κ3) is 3.17. The number of ether oxygens (including phenoxy) is 1. The van der Waals surface area contributed by atoms with E-state index in [1.165, 1.54) is 5.56 Å². The second-order valence-electron chi connectivity index (χ2n) is 3.59. The number of nitrogens with one attached hydrogen (secondary N) is 1. The number of nitrogens with zero attached hydrogens (tertiary/aromatic N) is 2. The van der Waals surface area contributed by atoms with Crippen LogP contribution in [0.25, 0.3) is 0 Å². The van der Waals surface area contributed by atoms with Crippen LogP contribution in [0.5, 0.6) is 5.75 Å². The van der Waals surface area contributed by atoms with Gasteiger partial charge in [0.1, 0.15) is 0 Å². The van der Waals surface area contributed by atoms with E-state index >= 15 is 0 Å². The molecule has 0 aliphatic rings. The van der Waals surface area contributed by atoms with Crippen molar-refractivity contribution in [3.8, 4) is 5.75 Å². The molecule has 0 spiro atoms. The fourth-order valence-electron chi connectivity index (χ4n) is 1.56. The lowest BCUT2D eigenvalue weighted by Gasteiger charge is -2.09. The summed E-state index contributed by atoms with van der Waals surface area (Å²) < 4.78 is 5.21. The van der Waals surface area contributed by atoms with Gasteiger partial charge in [-0.1, -0.05) is 0 Å². The lowest BCUT2D eigenvalue weighted by molar-refractivity contribution is 0.415. The molecule has 0 aliphatic heterocycles. The number of hydrogen-bond donors (Lipinski definition) is 1. The Labute approximate surface area is 101 Å². The Morgan fingerprint density at radius 2 is 2.00 bits per heavy atom. The Morgan fingerprint density at radius 3 is 2.76 bits per heavy atom. The zero-order chi connectivity index (χ0) is 11.9. The summed E-state index contributed by atoms with van der Waals surface area (Å²) in [5, 5.41) is 3.26. The Balaban J connectivity index is 1.90. The number of pyridine rings is 2. The van der Waals surface area contributed by atoms with Gasteiger partial charge in [0.25, 0.3) is 0 Å². The predicted molar refractivity (Wildman–Crippen MR) is 67.2 cm³/mol. The van der Waals surface area contributed by atoms with Crippen LogP contribution in [0.1, 0.15) is 5.56 Å². The van der Waals surface area contributed by atoms with Crippen LogP contribution in [0.4, 0.5) is 5.82 Å². The molecule has 2 rings (SSSR count). The van der Waals surface area contributed by atoms with Gasteiger partial charge in [-0.05, 0) is 36.2 Å². The summed E-state index contributed by atoms with van der Waals surface area (Å²) in [5.41, 5.74) is 1.25. The number of methoxy groups -OCH3 is 1. The van der Waals surface area contributed by atoms with Crippen molar-refractivity contribution in [2.24, 2.45) is 0 Å². The second kappa shape index (κ2) is 5.84. The van der Waals surface area contributed by atoms with E-state index in [-0.39, 0.29) is 0 Å². The highest BCUT2D eigenvalue weighted by atomic mass is 16.5. The standard InChI is InChI=1S/C13H15N3O/c1-17-12-3-2-7-15-13(12)16-10-6-11-4-8-14-9-5-11/h2-5,7-9H,6,10H2,1H3,(H,15,16). The maximum atomic E-state index is 5.21. The molecule has 17 heavy (non-hydrogen) atoms. The van der Waals surface area contributed by atoms with E-state index in [9.17, 15) is 0 Å². The molecule has 2 aromatic rings. The molecule has 0 atom stereocenters. The van der Waals surface area contributed by atoms with Gasteiger partial charge < -0.3 is 10.1 Å². The molecule has 0 aliphatic carbocycles. The number of hydrogen-bond acceptors (Lipinski definition) is 4. The average molecular weight is 229 g/mol. The first-order chi connectivity index (χ1) is 8.40. The van der Waals surface area contributed by atoms with Crippen molar-refractivity contribution < 1.29 is 4.74 Å². The molecule has 0 bridgehead atoms. The zero-order valence-corrected chi connectivity index (χ0v) is 9.76. The minimum atomic E-state index is 0.766. The van der Waals surface area contributed by atoms with Gasteiger partial charge in [-0.15, -0.1) is 0 Å². The quantitative estimate of drug-likeness (QED) is 0.853. The Kier molecular flexibility index (Phi) is 3.91. The van der Waals surface area contributed by atoms with Crippen molar-refractivity contribution in [3.63, 3.8) is 0 Å². The van der Waals surface area contributed by atoms with E-state index in [2.05, 4.69) is 15.3 Å². The zero-order valence-electron chi connectivity index (χ0n) is 9.76. The van der Waals surface area contributed by atoms with Crippen LogP contribution < -0.4 is 10.1 Å². The predicted octanol–water partition coefficient (Wildman–Crippen LogP) is 2.14. The molecule has 0 fully saturated rings. The highest BCUT2D eigenvalue weighted by molar-refractivity contribution is 5.49. The first-order valence-corrected chi connectivity index (χ1v) is 5.52. The lowest BCUT2D eigenvalue weighted by Crippen LogP contribution is -2.07. The first-order valence-electron chi connectivity index (χ1n) is 5.52. The molecule has 2 aromatic heterocycles. The van der Waals surface area contributed by atoms with E-state index in [1.807, 2.05) is 24.3 Å². The molecule has 0 saturated carbocycles. The summed E-state index contributed by atoms with van der Waals surface area (Å²) in [7, 11) is 1.64. The van der Waals surface area contributed by atoms with Crippen LogP contribution in [0.3, 0.4) is 0 Å². The van der Waals surface area contributed by atoms with Gasteiger partial charge in [0.2, 0.25) is 0 Å². The monoisotopic (exact) mass is 229 g/mol. The third-order valence-corrected chi connectivity index (χ3v) is 2.45. The van der Waals surface area contributed by atoms with Crippen LogP contribution in [-0.2, 0) is 6.42 Å². The van der Waals surface area contributed by atoms with E-state index in [0.29, 0.717) is 0 Å². The molecular formula is C13H15N3O. The molecule has 0 radical (unpaired) electrons. The number of aromatic nitrogens is 2. The lowest BCUT2D eigenvalue weighted by atomic mass is 10.2. The first kappa shape index (κ1) is 11.4. The maximum Gasteiger partial charge on any atom is 0.168 e. The van der Waals surface area contributed by atoms with Gasteiger partial charge >= 0.3 is 0 Å². The Bertz CT molecular complexity index is 459. The summed E-state index contributed by atoms with van der Waals surface area (Å²) in [5.74, 6) is 1.55. The summed E-state index contributed by atoms with van der Waals surface area (Å²) in [4.78, 5) is 8.22. The van der Waals surface area contributed by atoms with Crippen LogP contribution >= 0.6 is 0 Å². The van der Waals surface area contributed by atoms with E-state index in [0.717, 1.165) is 24.5 Å². The molecule has 88 valence electrons. The van der Waals surface area contributed by atoms with Gasteiger partial charge in [0.05, 0.1) is 7.11 Å². The number of anilines is 1. The average Bonchev–Trinajstić information content (AvgIpc) is 2.40. The fraction of sp³-hybridized carbons (Fsp3) is 0.231. The van der Waals surface area contributed by atoms with Crippen LogP contribution in [0, 0.1) is 0 Å². The summed E-state index contributed by atoms with van der Waals surface area (Å²) in [6.07, 6.45) is 6.28. The van der Waals surface area contributed by atoms with Gasteiger partial charge in [-0.3, -0.25) is 4.98 Å². The highest BCUT2D eigenvalue weighted by Crippen LogP contribution is 2.19. The molecule has 4 heteroatoms. The largest absolute Gasteiger partial charge is 0.493 e. The smallest absolute Gasteiger partial charge is 0.168 e. The van der Waals surface area contributed by atoms with Crippen molar-refractivity contribution >= 4 is 5.82 Å². The third-order valence-electron chi connectivity index (χ3n) is 2.45. The van der Waals surface area contributed by atoms with Crippen LogP contribution in [-0.4, -0.2) is 23.6 Å². The van der Waals surface area contributed by atoms with Crippen LogP contribution in [0.2, 0.25) is 0 Å². The minimum absolute atomic E-state index is 0.766. The minimum Gasteiger partial charge on any atom is -0.493 e. The van der Waals surface area contributed by atoms with Crippen molar-refractivity contribution in [2.75, 3.05) is 19.0 Å². The topological polar surface area (TPSA) is 47.0 Å². The molecule has 0 amide bonds. The van der Waals surface area contributed by atoms with Gasteiger partial charge in [0.15, 0.2) is 11.6 Å². The molecule has 1 N–H and O–H groups in total. The molecule has 0 unspecified atom stereocenters. The van der Waals surface area contributed by atoms with Gasteiger partial charge in [-0.25, -0.2) is 4.98 Å². The summed E-state index contributed by atoms with van der Waals surface area (Å²) in [6.45, 7) is 0.817. The Morgan fingerprint density at radius 1 is 1.18 bits per heavy atom. The number of rotatable bonds is 5. The van der Waals surface area contributed by atoms with Gasteiger partial charge in [0, 0.05) is 25.1 Å². The van der Waals surface area contributed by atoms with Crippen molar-refractivity contribution in [3.05, 3.63) is 48.4 Å². The maximum absolute atomic E-state index is 5.21. The van der Waals surface area contributed by atoms with E-state index in [4.69, 9.17) is 4.74 Å². The normalized spacial score (nSPS) is 9.94. The highest BCUT2D eigenvalue weighted by Gasteiger charge is 2.01. The van der Waals surface area contributed by atoms with Crippen molar-refractivity contribution in [1.82, 2.24) is 9.97 Å². The summed E-state index contributed by atoms with van der Waals surface area (Å²) in [6, 6.07) is 7.77. The molecule has 4 nitrogen and oxygen atoms in total. The van der Waals surface area contributed by atoms with Crippen molar-refractivity contribution in [1.29, 1.82) is 0 Å². The molecule has 0 saturated heterocycles. The second-order valence-corrected chi connectivity index (χ2v) is 3.59. The van der Waals surface area contributed by atoms with E-state index < -0.39 is 0 Å². The molecule has 2 heterocycles. The summed E-state index contributed by atoms with van der Waals surface area (Å²) >= 11 is 0. The Hall–Kier alpha value is -2.10.